The highest BCUT2D eigenvalue weighted by molar-refractivity contribution is 5.77. The van der Waals surface area contributed by atoms with Crippen LogP contribution in [-0.2, 0) is 11.2 Å². The molecule has 0 saturated carbocycles. The van der Waals surface area contributed by atoms with E-state index in [4.69, 9.17) is 0 Å². The van der Waals surface area contributed by atoms with Crippen LogP contribution in [0.15, 0.2) is 24.3 Å². The van der Waals surface area contributed by atoms with Crippen LogP contribution in [0.25, 0.3) is 11.0 Å². The molecular weight excluding hydrogens is 240 g/mol. The summed E-state index contributed by atoms with van der Waals surface area (Å²) in [7, 11) is 0. The third-order valence-corrected chi connectivity index (χ3v) is 3.48. The number of carbonyl (C=O) groups is 1. The van der Waals surface area contributed by atoms with Gasteiger partial charge in [0.15, 0.2) is 0 Å². The molecule has 0 aliphatic carbocycles. The van der Waals surface area contributed by atoms with E-state index < -0.39 is 0 Å². The fourth-order valence-corrected chi connectivity index (χ4v) is 2.20. The van der Waals surface area contributed by atoms with Gasteiger partial charge in [0.25, 0.3) is 0 Å². The van der Waals surface area contributed by atoms with Crippen molar-refractivity contribution in [3.8, 4) is 0 Å². The smallest absolute Gasteiger partial charge is 0.220 e. The molecule has 5 heteroatoms. The Morgan fingerprint density at radius 3 is 2.95 bits per heavy atom. The van der Waals surface area contributed by atoms with E-state index >= 15 is 0 Å². The van der Waals surface area contributed by atoms with Crippen LogP contribution >= 0.6 is 0 Å². The van der Waals surface area contributed by atoms with E-state index in [0.29, 0.717) is 18.8 Å². The van der Waals surface area contributed by atoms with E-state index in [-0.39, 0.29) is 5.91 Å². The number of benzene rings is 1. The number of H-pyrrole nitrogens is 1. The zero-order valence-electron chi connectivity index (χ0n) is 10.8. The lowest BCUT2D eigenvalue weighted by Crippen LogP contribution is -2.48. The van der Waals surface area contributed by atoms with Crippen molar-refractivity contribution in [1.29, 1.82) is 0 Å². The highest BCUT2D eigenvalue weighted by Crippen LogP contribution is 2.11. The van der Waals surface area contributed by atoms with Gasteiger partial charge < -0.3 is 15.6 Å². The zero-order chi connectivity index (χ0) is 13.1. The summed E-state index contributed by atoms with van der Waals surface area (Å²) in [6.45, 7) is 2.82. The monoisotopic (exact) mass is 258 g/mol. The standard InChI is InChI=1S/C14H18N4O/c19-14(16-9-10-7-15-8-10)6-5-13-17-11-3-1-2-4-12(11)18-13/h1-4,10,15H,5-9H2,(H,16,19)(H,17,18). The Labute approximate surface area is 111 Å². The number of nitrogens with one attached hydrogen (secondary N) is 3. The Kier molecular flexibility index (Phi) is 3.46. The molecule has 19 heavy (non-hydrogen) atoms. The molecule has 0 spiro atoms. The molecule has 0 bridgehead atoms. The molecule has 0 unspecified atom stereocenters. The van der Waals surface area contributed by atoms with Gasteiger partial charge in [-0.1, -0.05) is 12.1 Å². The summed E-state index contributed by atoms with van der Waals surface area (Å²) in [6, 6.07) is 7.91. The van der Waals surface area contributed by atoms with Gasteiger partial charge in [0.1, 0.15) is 5.82 Å². The number of amides is 1. The second-order valence-corrected chi connectivity index (χ2v) is 5.03. The normalized spacial score (nSPS) is 15.4. The van der Waals surface area contributed by atoms with Gasteiger partial charge in [0.05, 0.1) is 11.0 Å². The minimum atomic E-state index is 0.104. The van der Waals surface area contributed by atoms with Gasteiger partial charge in [-0.2, -0.15) is 0 Å². The maximum atomic E-state index is 11.7. The van der Waals surface area contributed by atoms with Crippen molar-refractivity contribution in [3.63, 3.8) is 0 Å². The Hall–Kier alpha value is -1.88. The number of aryl methyl sites for hydroxylation is 1. The van der Waals surface area contributed by atoms with Crippen LogP contribution in [0.1, 0.15) is 12.2 Å². The molecule has 3 rings (SSSR count). The average Bonchev–Trinajstić information content (AvgIpc) is 2.77. The third kappa shape index (κ3) is 2.93. The quantitative estimate of drug-likeness (QED) is 0.744. The maximum absolute atomic E-state index is 11.7. The Bertz CT molecular complexity index is 541. The lowest BCUT2D eigenvalue weighted by atomic mass is 10.0. The van der Waals surface area contributed by atoms with Crippen molar-refractivity contribution < 1.29 is 4.79 Å². The van der Waals surface area contributed by atoms with Gasteiger partial charge in [-0.15, -0.1) is 0 Å². The Morgan fingerprint density at radius 2 is 2.21 bits per heavy atom. The molecule has 3 N–H and O–H groups in total. The van der Waals surface area contributed by atoms with Crippen molar-refractivity contribution in [3.05, 3.63) is 30.1 Å². The van der Waals surface area contributed by atoms with E-state index in [1.807, 2.05) is 24.3 Å². The molecule has 5 nitrogen and oxygen atoms in total. The summed E-state index contributed by atoms with van der Waals surface area (Å²) >= 11 is 0. The molecule has 0 atom stereocenters. The maximum Gasteiger partial charge on any atom is 0.220 e. The molecule has 0 radical (unpaired) electrons. The zero-order valence-corrected chi connectivity index (χ0v) is 10.8. The summed E-state index contributed by atoms with van der Waals surface area (Å²) in [5.74, 6) is 1.59. The van der Waals surface area contributed by atoms with E-state index in [1.54, 1.807) is 0 Å². The van der Waals surface area contributed by atoms with Crippen LogP contribution in [0.5, 0.6) is 0 Å². The van der Waals surface area contributed by atoms with Gasteiger partial charge in [0, 0.05) is 38.4 Å². The molecule has 2 aromatic rings. The van der Waals surface area contributed by atoms with Crippen molar-refractivity contribution in [2.24, 2.45) is 5.92 Å². The Balaban J connectivity index is 1.49. The molecular formula is C14H18N4O. The molecule has 1 fully saturated rings. The number of hydrogen-bond acceptors (Lipinski definition) is 3. The van der Waals surface area contributed by atoms with E-state index in [2.05, 4.69) is 20.6 Å². The largest absolute Gasteiger partial charge is 0.356 e. The predicted octanol–water partition coefficient (Wildman–Crippen LogP) is 0.831. The minimum Gasteiger partial charge on any atom is -0.356 e. The second kappa shape index (κ2) is 5.40. The first-order valence-corrected chi connectivity index (χ1v) is 6.72. The fourth-order valence-electron chi connectivity index (χ4n) is 2.20. The average molecular weight is 258 g/mol. The molecule has 1 aromatic heterocycles. The second-order valence-electron chi connectivity index (χ2n) is 5.03. The van der Waals surface area contributed by atoms with Gasteiger partial charge in [-0.25, -0.2) is 4.98 Å². The third-order valence-electron chi connectivity index (χ3n) is 3.48. The van der Waals surface area contributed by atoms with Crippen molar-refractivity contribution in [2.45, 2.75) is 12.8 Å². The van der Waals surface area contributed by atoms with E-state index in [1.165, 1.54) is 0 Å². The highest BCUT2D eigenvalue weighted by Gasteiger charge is 2.17. The summed E-state index contributed by atoms with van der Waals surface area (Å²) < 4.78 is 0. The summed E-state index contributed by atoms with van der Waals surface area (Å²) in [6.07, 6.45) is 1.14. The van der Waals surface area contributed by atoms with Crippen LogP contribution in [0.3, 0.4) is 0 Å². The first-order chi connectivity index (χ1) is 9.31. The van der Waals surface area contributed by atoms with Crippen LogP contribution in [0, 0.1) is 5.92 Å². The number of aromatic amines is 1. The molecule has 1 aliphatic rings. The SMILES string of the molecule is O=C(CCc1nc2ccccc2[nH]1)NCC1CNC1. The topological polar surface area (TPSA) is 69.8 Å². The molecule has 2 heterocycles. The van der Waals surface area contributed by atoms with Crippen LogP contribution in [0.4, 0.5) is 0 Å². The van der Waals surface area contributed by atoms with Crippen LogP contribution in [-0.4, -0.2) is 35.5 Å². The van der Waals surface area contributed by atoms with Gasteiger partial charge in [0.2, 0.25) is 5.91 Å². The number of para-hydroxylation sites is 2. The first kappa shape index (κ1) is 12.2. The van der Waals surface area contributed by atoms with E-state index in [0.717, 1.165) is 36.5 Å². The number of rotatable bonds is 5. The molecule has 1 amide bonds. The lowest BCUT2D eigenvalue weighted by molar-refractivity contribution is -0.121. The Morgan fingerprint density at radius 1 is 1.37 bits per heavy atom. The molecule has 1 saturated heterocycles. The van der Waals surface area contributed by atoms with Gasteiger partial charge in [-0.3, -0.25) is 4.79 Å². The van der Waals surface area contributed by atoms with Gasteiger partial charge >= 0.3 is 0 Å². The lowest BCUT2D eigenvalue weighted by Gasteiger charge is -2.27. The molecule has 1 aromatic carbocycles. The minimum absolute atomic E-state index is 0.104. The van der Waals surface area contributed by atoms with Crippen molar-refractivity contribution in [1.82, 2.24) is 20.6 Å². The van der Waals surface area contributed by atoms with Crippen molar-refractivity contribution in [2.75, 3.05) is 19.6 Å². The number of fused-ring (bicyclic) bond motifs is 1. The molecule has 100 valence electrons. The summed E-state index contributed by atoms with van der Waals surface area (Å²) in [5, 5.41) is 6.16. The number of nitrogens with zero attached hydrogens (tertiary/aromatic N) is 1. The summed E-state index contributed by atoms with van der Waals surface area (Å²) in [5.41, 5.74) is 1.98. The number of carbonyl (C=O) groups excluding carboxylic acids is 1. The number of aromatic nitrogens is 2. The number of hydrogen-bond donors (Lipinski definition) is 3. The fraction of sp³-hybridized carbons (Fsp3) is 0.429. The van der Waals surface area contributed by atoms with Gasteiger partial charge in [-0.05, 0) is 12.1 Å². The first-order valence-electron chi connectivity index (χ1n) is 6.72. The van der Waals surface area contributed by atoms with E-state index in [9.17, 15) is 4.79 Å². The molecule has 1 aliphatic heterocycles. The summed E-state index contributed by atoms with van der Waals surface area (Å²) in [4.78, 5) is 19.4. The van der Waals surface area contributed by atoms with Crippen LogP contribution in [0.2, 0.25) is 0 Å². The highest BCUT2D eigenvalue weighted by atomic mass is 16.1. The van der Waals surface area contributed by atoms with Crippen molar-refractivity contribution >= 4 is 16.9 Å². The predicted molar refractivity (Wildman–Crippen MR) is 73.8 cm³/mol. The number of imidazole rings is 1. The van der Waals surface area contributed by atoms with Crippen LogP contribution < -0.4 is 10.6 Å².